The summed E-state index contributed by atoms with van der Waals surface area (Å²) in [7, 11) is 3.22. The number of aryl methyl sites for hydroxylation is 1. The molecule has 1 aliphatic rings. The topological polar surface area (TPSA) is 102 Å². The van der Waals surface area contributed by atoms with Gasteiger partial charge in [-0.1, -0.05) is 12.1 Å². The number of carbonyl (C=O) groups is 1. The number of rotatable bonds is 9. The number of aromatic nitrogens is 3. The summed E-state index contributed by atoms with van der Waals surface area (Å²) in [5.74, 6) is 0.909. The average molecular weight is 624 g/mol. The van der Waals surface area contributed by atoms with Crippen LogP contribution in [-0.2, 0) is 24.9 Å². The number of carbonyl (C=O) groups excluding carboxylic acids is 1. The molecule has 0 spiro atoms. The molecule has 3 heterocycles. The van der Waals surface area contributed by atoms with Crippen LogP contribution in [0.4, 0.5) is 8.78 Å². The molecule has 6 rings (SSSR count). The zero-order chi connectivity index (χ0) is 32.2. The quantitative estimate of drug-likeness (QED) is 0.168. The molecule has 1 saturated heterocycles. The molecule has 0 N–H and O–H groups in total. The van der Waals surface area contributed by atoms with Gasteiger partial charge in [-0.05, 0) is 80.5 Å². The van der Waals surface area contributed by atoms with Gasteiger partial charge in [0.25, 0.3) is 0 Å². The van der Waals surface area contributed by atoms with Crippen LogP contribution < -0.4 is 9.47 Å². The molecule has 1 fully saturated rings. The van der Waals surface area contributed by atoms with Crippen molar-refractivity contribution in [3.63, 3.8) is 0 Å². The number of piperidine rings is 1. The molecule has 9 nitrogen and oxygen atoms in total. The van der Waals surface area contributed by atoms with E-state index in [2.05, 4.69) is 4.90 Å². The fourth-order valence-corrected chi connectivity index (χ4v) is 5.60. The molecular weight excluding hydrogens is 592 g/mol. The van der Waals surface area contributed by atoms with Crippen molar-refractivity contribution in [2.75, 3.05) is 20.2 Å². The fourth-order valence-electron chi connectivity index (χ4n) is 5.60. The normalized spacial score (nSPS) is 13.8. The summed E-state index contributed by atoms with van der Waals surface area (Å²) < 4.78 is 46.5. The van der Waals surface area contributed by atoms with Crippen LogP contribution >= 0.6 is 0 Å². The van der Waals surface area contributed by atoms with Crippen molar-refractivity contribution >= 4 is 17.0 Å². The Hall–Kier alpha value is -5.34. The zero-order valence-corrected chi connectivity index (χ0v) is 25.4. The van der Waals surface area contributed by atoms with E-state index in [0.29, 0.717) is 46.1 Å². The number of nitrogens with zero attached hydrogens (tertiary/aromatic N) is 5. The first-order chi connectivity index (χ1) is 22.3. The van der Waals surface area contributed by atoms with E-state index in [1.54, 1.807) is 30.3 Å². The predicted octanol–water partition coefficient (Wildman–Crippen LogP) is 6.66. The Bertz CT molecular complexity index is 1930. The number of imidazole rings is 1. The lowest BCUT2D eigenvalue weighted by atomic mass is 9.93. The second kappa shape index (κ2) is 13.3. The minimum absolute atomic E-state index is 0.0161. The maximum atomic E-state index is 14.3. The van der Waals surface area contributed by atoms with E-state index in [1.807, 2.05) is 29.8 Å². The van der Waals surface area contributed by atoms with Crippen molar-refractivity contribution in [1.82, 2.24) is 19.4 Å². The maximum Gasteiger partial charge on any atom is 0.338 e. The molecule has 0 bridgehead atoms. The number of fused-ring (bicyclic) bond motifs is 1. The van der Waals surface area contributed by atoms with Gasteiger partial charge in [-0.25, -0.2) is 23.5 Å². The lowest BCUT2D eigenvalue weighted by Crippen LogP contribution is -2.33. The molecule has 5 aromatic rings. The Kier molecular flexibility index (Phi) is 8.90. The van der Waals surface area contributed by atoms with Crippen molar-refractivity contribution in [2.24, 2.45) is 7.05 Å². The zero-order valence-electron chi connectivity index (χ0n) is 25.4. The molecule has 0 aliphatic carbocycles. The molecule has 0 unspecified atom stereocenters. The highest BCUT2D eigenvalue weighted by atomic mass is 19.1. The minimum atomic E-state index is -0.500. The largest absolute Gasteiger partial charge is 0.473 e. The van der Waals surface area contributed by atoms with Crippen LogP contribution in [-0.4, -0.2) is 45.6 Å². The molecule has 1 aliphatic heterocycles. The minimum Gasteiger partial charge on any atom is -0.473 e. The molecular formula is C35H31F2N5O4. The van der Waals surface area contributed by atoms with E-state index in [-0.39, 0.29) is 23.9 Å². The predicted molar refractivity (Wildman–Crippen MR) is 165 cm³/mol. The first kappa shape index (κ1) is 30.7. The van der Waals surface area contributed by atoms with Crippen molar-refractivity contribution < 1.29 is 27.8 Å². The summed E-state index contributed by atoms with van der Waals surface area (Å²) in [4.78, 5) is 24.4. The smallest absolute Gasteiger partial charge is 0.338 e. The lowest BCUT2D eigenvalue weighted by molar-refractivity contribution is 0.0600. The molecule has 11 heteroatoms. The van der Waals surface area contributed by atoms with Gasteiger partial charge in [0.05, 0.1) is 36.4 Å². The van der Waals surface area contributed by atoms with Gasteiger partial charge in [0.2, 0.25) is 5.88 Å². The van der Waals surface area contributed by atoms with E-state index < -0.39 is 11.8 Å². The van der Waals surface area contributed by atoms with Crippen molar-refractivity contribution in [2.45, 2.75) is 31.9 Å². The summed E-state index contributed by atoms with van der Waals surface area (Å²) in [6.45, 7) is 2.25. The van der Waals surface area contributed by atoms with Crippen LogP contribution in [0.3, 0.4) is 0 Å². The number of esters is 1. The van der Waals surface area contributed by atoms with Crippen LogP contribution in [0.25, 0.3) is 11.0 Å². The van der Waals surface area contributed by atoms with Gasteiger partial charge in [-0.15, -0.1) is 0 Å². The standard InChI is InChI=1S/C35H31F2N5O4/c1-41-30-17-25(35(43)44-2)18-31(46-27-10-8-26(36)9-11-27)34(30)40-32(41)20-42-14-12-23(13-15-42)29-4-3-5-33(39-29)45-21-24-7-6-22(19-38)16-28(24)37/h3-11,16-18,23H,12-15,20-21H2,1-2H3. The summed E-state index contributed by atoms with van der Waals surface area (Å²) in [6, 6.07) is 20.9. The number of halogens is 2. The maximum absolute atomic E-state index is 14.3. The monoisotopic (exact) mass is 623 g/mol. The number of hydrogen-bond donors (Lipinski definition) is 0. The fraction of sp³-hybridized carbons (Fsp3) is 0.257. The van der Waals surface area contributed by atoms with E-state index in [1.165, 1.54) is 37.4 Å². The van der Waals surface area contributed by atoms with Gasteiger partial charge in [0.1, 0.15) is 35.3 Å². The van der Waals surface area contributed by atoms with Gasteiger partial charge in [0.15, 0.2) is 5.75 Å². The molecule has 46 heavy (non-hydrogen) atoms. The number of hydrogen-bond acceptors (Lipinski definition) is 8. The van der Waals surface area contributed by atoms with Gasteiger partial charge in [0, 0.05) is 30.3 Å². The molecule has 2 aromatic heterocycles. The number of methoxy groups -OCH3 is 1. The van der Waals surface area contributed by atoms with E-state index in [4.69, 9.17) is 29.4 Å². The summed E-state index contributed by atoms with van der Waals surface area (Å²) in [6.07, 6.45) is 1.77. The molecule has 0 atom stereocenters. The Balaban J connectivity index is 1.13. The molecule has 0 amide bonds. The third-order valence-corrected chi connectivity index (χ3v) is 8.18. The number of benzene rings is 3. The van der Waals surface area contributed by atoms with Crippen LogP contribution in [0.5, 0.6) is 17.4 Å². The lowest BCUT2D eigenvalue weighted by Gasteiger charge is -2.31. The van der Waals surface area contributed by atoms with E-state index >= 15 is 0 Å². The highest BCUT2D eigenvalue weighted by Gasteiger charge is 2.25. The van der Waals surface area contributed by atoms with Crippen molar-refractivity contribution in [3.8, 4) is 23.4 Å². The summed E-state index contributed by atoms with van der Waals surface area (Å²) in [5.41, 5.74) is 3.17. The van der Waals surface area contributed by atoms with Gasteiger partial charge < -0.3 is 18.8 Å². The number of likely N-dealkylation sites (tertiary alicyclic amines) is 1. The first-order valence-electron chi connectivity index (χ1n) is 14.8. The Morgan fingerprint density at radius 3 is 2.52 bits per heavy atom. The second-order valence-electron chi connectivity index (χ2n) is 11.1. The number of pyridine rings is 1. The Morgan fingerprint density at radius 1 is 1.02 bits per heavy atom. The van der Waals surface area contributed by atoms with Gasteiger partial charge in [-0.2, -0.15) is 5.26 Å². The number of nitriles is 1. The SMILES string of the molecule is COC(=O)c1cc(Oc2ccc(F)cc2)c2nc(CN3CCC(c4cccc(OCc5ccc(C#N)cc5F)n4)CC3)n(C)c2c1. The average Bonchev–Trinajstić information content (AvgIpc) is 3.39. The van der Waals surface area contributed by atoms with Crippen LogP contribution in [0, 0.1) is 23.0 Å². The van der Waals surface area contributed by atoms with Crippen molar-refractivity contribution in [1.29, 1.82) is 5.26 Å². The van der Waals surface area contributed by atoms with Gasteiger partial charge >= 0.3 is 5.97 Å². The Morgan fingerprint density at radius 2 is 1.80 bits per heavy atom. The van der Waals surface area contributed by atoms with Crippen LogP contribution in [0.2, 0.25) is 0 Å². The molecule has 0 saturated carbocycles. The summed E-state index contributed by atoms with van der Waals surface area (Å²) >= 11 is 0. The third kappa shape index (κ3) is 6.67. The van der Waals surface area contributed by atoms with Gasteiger partial charge in [-0.3, -0.25) is 4.90 Å². The second-order valence-corrected chi connectivity index (χ2v) is 11.1. The number of ether oxygens (including phenoxy) is 3. The molecule has 0 radical (unpaired) electrons. The third-order valence-electron chi connectivity index (χ3n) is 8.18. The Labute approximate surface area is 264 Å². The van der Waals surface area contributed by atoms with Crippen LogP contribution in [0.1, 0.15) is 51.8 Å². The molecule has 3 aromatic carbocycles. The van der Waals surface area contributed by atoms with Crippen molar-refractivity contribution in [3.05, 3.63) is 113 Å². The molecule has 234 valence electrons. The van der Waals surface area contributed by atoms with Crippen LogP contribution in [0.15, 0.2) is 72.8 Å². The highest BCUT2D eigenvalue weighted by Crippen LogP contribution is 2.33. The highest BCUT2D eigenvalue weighted by molar-refractivity contribution is 5.96. The van der Waals surface area contributed by atoms with E-state index in [0.717, 1.165) is 37.4 Å². The first-order valence-corrected chi connectivity index (χ1v) is 14.8. The summed E-state index contributed by atoms with van der Waals surface area (Å²) in [5, 5.41) is 8.95. The van der Waals surface area contributed by atoms with E-state index in [9.17, 15) is 13.6 Å².